The second-order valence-corrected chi connectivity index (χ2v) is 7.25. The Morgan fingerprint density at radius 3 is 2.70 bits per heavy atom. The van der Waals surface area contributed by atoms with Crippen LogP contribution in [0.15, 0.2) is 48.5 Å². The van der Waals surface area contributed by atoms with Crippen LogP contribution in [0.2, 0.25) is 0 Å². The molecule has 3 aromatic rings. The van der Waals surface area contributed by atoms with Crippen molar-refractivity contribution in [3.05, 3.63) is 54.1 Å². The number of nitrogens with one attached hydrogen (secondary N) is 1. The molecule has 0 bridgehead atoms. The lowest BCUT2D eigenvalue weighted by atomic mass is 10.0. The monoisotopic (exact) mass is 323 g/mol. The number of anilines is 2. The molecular weight excluding hydrogens is 302 g/mol. The number of aryl methyl sites for hydroxylation is 1. The highest BCUT2D eigenvalue weighted by Crippen LogP contribution is 2.30. The van der Waals surface area contributed by atoms with Gasteiger partial charge in [0.1, 0.15) is 0 Å². The molecule has 1 aliphatic rings. The molecule has 1 saturated heterocycles. The van der Waals surface area contributed by atoms with Crippen molar-refractivity contribution in [3.63, 3.8) is 0 Å². The topological polar surface area (TPSA) is 28.2 Å². The van der Waals surface area contributed by atoms with Crippen molar-refractivity contribution in [3.8, 4) is 0 Å². The normalized spacial score (nSPS) is 16.0. The van der Waals surface area contributed by atoms with Gasteiger partial charge in [-0.3, -0.25) is 0 Å². The van der Waals surface area contributed by atoms with E-state index in [2.05, 4.69) is 65.7 Å². The molecule has 4 heteroatoms. The predicted molar refractivity (Wildman–Crippen MR) is 99.7 cm³/mol. The Hall–Kier alpha value is -2.07. The average Bonchev–Trinajstić information content (AvgIpc) is 2.99. The van der Waals surface area contributed by atoms with Crippen molar-refractivity contribution >= 4 is 32.4 Å². The van der Waals surface area contributed by atoms with Gasteiger partial charge in [0.15, 0.2) is 5.13 Å². The Kier molecular flexibility index (Phi) is 3.92. The van der Waals surface area contributed by atoms with Crippen molar-refractivity contribution in [2.45, 2.75) is 25.8 Å². The maximum atomic E-state index is 4.78. The second-order valence-electron chi connectivity index (χ2n) is 6.24. The summed E-state index contributed by atoms with van der Waals surface area (Å²) in [7, 11) is 0. The molecule has 0 saturated carbocycles. The molecule has 1 N–H and O–H groups in total. The lowest BCUT2D eigenvalue weighted by molar-refractivity contribution is 0.526. The van der Waals surface area contributed by atoms with Crippen LogP contribution in [-0.2, 0) is 0 Å². The van der Waals surface area contributed by atoms with Crippen LogP contribution < -0.4 is 10.2 Å². The minimum absolute atomic E-state index is 0.558. The van der Waals surface area contributed by atoms with Crippen LogP contribution in [0.3, 0.4) is 0 Å². The molecule has 2 aromatic carbocycles. The van der Waals surface area contributed by atoms with Gasteiger partial charge in [0, 0.05) is 24.8 Å². The molecule has 0 spiro atoms. The molecule has 3 nitrogen and oxygen atoms in total. The Balaban J connectivity index is 1.40. The van der Waals surface area contributed by atoms with E-state index in [-0.39, 0.29) is 0 Å². The summed E-state index contributed by atoms with van der Waals surface area (Å²) >= 11 is 1.81. The number of fused-ring (bicyclic) bond motifs is 1. The number of aromatic nitrogens is 1. The summed E-state index contributed by atoms with van der Waals surface area (Å²) in [6.45, 7) is 4.29. The molecule has 0 aliphatic carbocycles. The van der Waals surface area contributed by atoms with E-state index in [0.29, 0.717) is 6.04 Å². The number of thiazole rings is 1. The summed E-state index contributed by atoms with van der Waals surface area (Å²) in [5.41, 5.74) is 3.66. The van der Waals surface area contributed by atoms with E-state index < -0.39 is 0 Å². The van der Waals surface area contributed by atoms with Gasteiger partial charge in [-0.05, 0) is 49.6 Å². The van der Waals surface area contributed by atoms with Crippen molar-refractivity contribution < 1.29 is 0 Å². The first-order valence-electron chi connectivity index (χ1n) is 8.22. The molecule has 1 fully saturated rings. The SMILES string of the molecule is Cc1cccc(NC2CCN(c3nc4ccccc4s3)CC2)c1. The van der Waals surface area contributed by atoms with Crippen LogP contribution in [0.5, 0.6) is 0 Å². The van der Waals surface area contributed by atoms with Gasteiger partial charge < -0.3 is 10.2 Å². The first kappa shape index (κ1) is 14.5. The van der Waals surface area contributed by atoms with Crippen molar-refractivity contribution in [2.75, 3.05) is 23.3 Å². The van der Waals surface area contributed by atoms with E-state index in [1.807, 2.05) is 0 Å². The van der Waals surface area contributed by atoms with Crippen molar-refractivity contribution in [1.29, 1.82) is 0 Å². The van der Waals surface area contributed by atoms with E-state index in [9.17, 15) is 0 Å². The summed E-state index contributed by atoms with van der Waals surface area (Å²) < 4.78 is 1.28. The molecular formula is C19H21N3S. The maximum absolute atomic E-state index is 4.78. The summed E-state index contributed by atoms with van der Waals surface area (Å²) in [5.74, 6) is 0. The molecule has 2 heterocycles. The predicted octanol–water partition coefficient (Wildman–Crippen LogP) is 4.69. The van der Waals surface area contributed by atoms with Crippen LogP contribution in [0.25, 0.3) is 10.2 Å². The Bertz CT molecular complexity index is 770. The molecule has 0 amide bonds. The number of piperidine rings is 1. The second kappa shape index (κ2) is 6.20. The van der Waals surface area contributed by atoms with Gasteiger partial charge >= 0.3 is 0 Å². The Labute approximate surface area is 141 Å². The van der Waals surface area contributed by atoms with Crippen LogP contribution in [0, 0.1) is 6.92 Å². The number of hydrogen-bond donors (Lipinski definition) is 1. The Morgan fingerprint density at radius 1 is 1.09 bits per heavy atom. The van der Waals surface area contributed by atoms with E-state index >= 15 is 0 Å². The smallest absolute Gasteiger partial charge is 0.186 e. The van der Waals surface area contributed by atoms with E-state index in [1.165, 1.54) is 21.1 Å². The van der Waals surface area contributed by atoms with Crippen LogP contribution in [-0.4, -0.2) is 24.1 Å². The quantitative estimate of drug-likeness (QED) is 0.758. The van der Waals surface area contributed by atoms with E-state index in [4.69, 9.17) is 4.98 Å². The van der Waals surface area contributed by atoms with Crippen molar-refractivity contribution in [1.82, 2.24) is 4.98 Å². The van der Waals surface area contributed by atoms with Crippen LogP contribution in [0.4, 0.5) is 10.8 Å². The summed E-state index contributed by atoms with van der Waals surface area (Å²) in [4.78, 5) is 7.21. The third-order valence-corrected chi connectivity index (χ3v) is 5.53. The van der Waals surface area contributed by atoms with Crippen molar-refractivity contribution in [2.24, 2.45) is 0 Å². The zero-order valence-corrected chi connectivity index (χ0v) is 14.1. The number of nitrogens with zero attached hydrogens (tertiary/aromatic N) is 2. The van der Waals surface area contributed by atoms with Gasteiger partial charge in [-0.25, -0.2) is 4.98 Å². The number of para-hydroxylation sites is 1. The lowest BCUT2D eigenvalue weighted by Crippen LogP contribution is -2.39. The largest absolute Gasteiger partial charge is 0.382 e. The summed E-state index contributed by atoms with van der Waals surface area (Å²) in [6, 6.07) is 17.6. The molecule has 23 heavy (non-hydrogen) atoms. The molecule has 118 valence electrons. The molecule has 0 atom stereocenters. The fourth-order valence-corrected chi connectivity index (χ4v) is 4.20. The highest BCUT2D eigenvalue weighted by atomic mass is 32.1. The highest BCUT2D eigenvalue weighted by molar-refractivity contribution is 7.22. The molecule has 1 aliphatic heterocycles. The zero-order chi connectivity index (χ0) is 15.6. The van der Waals surface area contributed by atoms with Crippen LogP contribution in [0.1, 0.15) is 18.4 Å². The van der Waals surface area contributed by atoms with Gasteiger partial charge in [-0.15, -0.1) is 0 Å². The fourth-order valence-electron chi connectivity index (χ4n) is 3.18. The van der Waals surface area contributed by atoms with E-state index in [0.717, 1.165) is 31.4 Å². The number of hydrogen-bond acceptors (Lipinski definition) is 4. The first-order chi connectivity index (χ1) is 11.3. The van der Waals surface area contributed by atoms with Gasteiger partial charge in [0.05, 0.1) is 10.2 Å². The third-order valence-electron chi connectivity index (χ3n) is 4.44. The summed E-state index contributed by atoms with van der Waals surface area (Å²) in [6.07, 6.45) is 2.31. The molecule has 1 aromatic heterocycles. The van der Waals surface area contributed by atoms with Crippen LogP contribution >= 0.6 is 11.3 Å². The van der Waals surface area contributed by atoms with Gasteiger partial charge in [-0.1, -0.05) is 35.6 Å². The average molecular weight is 323 g/mol. The molecule has 0 radical (unpaired) electrons. The summed E-state index contributed by atoms with van der Waals surface area (Å²) in [5, 5.41) is 4.84. The zero-order valence-electron chi connectivity index (χ0n) is 13.3. The molecule has 4 rings (SSSR count). The van der Waals surface area contributed by atoms with E-state index in [1.54, 1.807) is 11.3 Å². The van der Waals surface area contributed by atoms with Gasteiger partial charge in [0.25, 0.3) is 0 Å². The van der Waals surface area contributed by atoms with Gasteiger partial charge in [0.2, 0.25) is 0 Å². The highest BCUT2D eigenvalue weighted by Gasteiger charge is 2.21. The first-order valence-corrected chi connectivity index (χ1v) is 9.03. The maximum Gasteiger partial charge on any atom is 0.186 e. The fraction of sp³-hybridized carbons (Fsp3) is 0.316. The number of rotatable bonds is 3. The number of benzene rings is 2. The minimum Gasteiger partial charge on any atom is -0.382 e. The third kappa shape index (κ3) is 3.17. The minimum atomic E-state index is 0.558. The standard InChI is InChI=1S/C19H21N3S/c1-14-5-4-6-16(13-14)20-15-9-11-22(12-10-15)19-21-17-7-2-3-8-18(17)23-19/h2-8,13,15,20H,9-12H2,1H3. The molecule has 0 unspecified atom stereocenters. The Morgan fingerprint density at radius 2 is 1.91 bits per heavy atom. The van der Waals surface area contributed by atoms with Gasteiger partial charge in [-0.2, -0.15) is 0 Å². The lowest BCUT2D eigenvalue weighted by Gasteiger charge is -2.32.